The second-order valence-electron chi connectivity index (χ2n) is 10.9. The Bertz CT molecular complexity index is 866. The van der Waals surface area contributed by atoms with E-state index in [0.717, 1.165) is 32.1 Å². The van der Waals surface area contributed by atoms with Crippen molar-refractivity contribution in [1.82, 2.24) is 14.7 Å². The highest BCUT2D eigenvalue weighted by atomic mass is 32.2. The first-order valence-electron chi connectivity index (χ1n) is 13.6. The maximum absolute atomic E-state index is 14.2. The van der Waals surface area contributed by atoms with Crippen LogP contribution in [0, 0.1) is 11.8 Å². The maximum Gasteiger partial charge on any atom is 0.247 e. The Hall–Kier alpha value is -1.80. The van der Waals surface area contributed by atoms with Crippen LogP contribution >= 0.6 is 11.8 Å². The second kappa shape index (κ2) is 11.7. The van der Waals surface area contributed by atoms with Crippen molar-refractivity contribution in [2.75, 3.05) is 32.8 Å². The minimum atomic E-state index is -0.692. The predicted molar refractivity (Wildman–Crippen MR) is 145 cm³/mol. The van der Waals surface area contributed by atoms with Crippen LogP contribution in [0.5, 0.6) is 0 Å². The molecular weight excluding hydrogens is 474 g/mol. The van der Waals surface area contributed by atoms with Crippen LogP contribution in [0.4, 0.5) is 0 Å². The number of fused-ring (bicyclic) bond motifs is 1. The summed E-state index contributed by atoms with van der Waals surface area (Å²) in [5, 5.41) is 10.1. The molecule has 0 aromatic rings. The molecule has 36 heavy (non-hydrogen) atoms. The lowest BCUT2D eigenvalue weighted by Crippen LogP contribution is -2.57. The van der Waals surface area contributed by atoms with Gasteiger partial charge in [0.2, 0.25) is 17.7 Å². The summed E-state index contributed by atoms with van der Waals surface area (Å²) in [6, 6.07) is -1.20. The molecule has 3 saturated heterocycles. The number of aliphatic hydroxyl groups is 1. The van der Waals surface area contributed by atoms with E-state index in [0.29, 0.717) is 32.6 Å². The molecule has 0 aliphatic carbocycles. The van der Waals surface area contributed by atoms with Gasteiger partial charge < -0.3 is 19.8 Å². The zero-order valence-corrected chi connectivity index (χ0v) is 23.4. The van der Waals surface area contributed by atoms with E-state index in [1.165, 1.54) is 0 Å². The van der Waals surface area contributed by atoms with Gasteiger partial charge in [0, 0.05) is 30.9 Å². The molecule has 3 rings (SSSR count). The van der Waals surface area contributed by atoms with Gasteiger partial charge in [-0.15, -0.1) is 24.9 Å². The van der Waals surface area contributed by atoms with Crippen molar-refractivity contribution in [1.29, 1.82) is 0 Å². The van der Waals surface area contributed by atoms with Gasteiger partial charge in [-0.3, -0.25) is 14.4 Å². The summed E-state index contributed by atoms with van der Waals surface area (Å²) >= 11 is 1.69. The van der Waals surface area contributed by atoms with Gasteiger partial charge in [-0.1, -0.05) is 38.8 Å². The van der Waals surface area contributed by atoms with Gasteiger partial charge in [-0.25, -0.2) is 0 Å². The third-order valence-electron chi connectivity index (χ3n) is 8.30. The molecule has 3 fully saturated rings. The van der Waals surface area contributed by atoms with Crippen molar-refractivity contribution < 1.29 is 19.5 Å². The van der Waals surface area contributed by atoms with Crippen LogP contribution in [-0.2, 0) is 14.4 Å². The lowest BCUT2D eigenvalue weighted by molar-refractivity contribution is -0.147. The van der Waals surface area contributed by atoms with Crippen molar-refractivity contribution in [3.8, 4) is 0 Å². The van der Waals surface area contributed by atoms with E-state index in [9.17, 15) is 19.5 Å². The summed E-state index contributed by atoms with van der Waals surface area (Å²) in [5.41, 5.74) is 0. The summed E-state index contributed by atoms with van der Waals surface area (Å²) in [6.07, 6.45) is 8.76. The van der Waals surface area contributed by atoms with E-state index in [1.54, 1.807) is 35.7 Å². The number of amides is 3. The molecule has 202 valence electrons. The fraction of sp³-hybridized carbons (Fsp3) is 0.750. The smallest absolute Gasteiger partial charge is 0.247 e. The van der Waals surface area contributed by atoms with Crippen molar-refractivity contribution in [2.24, 2.45) is 11.8 Å². The van der Waals surface area contributed by atoms with Crippen LogP contribution in [0.1, 0.15) is 66.2 Å². The Labute approximate surface area is 221 Å². The Morgan fingerprint density at radius 2 is 1.75 bits per heavy atom. The molecule has 3 aliphatic rings. The van der Waals surface area contributed by atoms with Gasteiger partial charge >= 0.3 is 0 Å². The highest BCUT2D eigenvalue weighted by Crippen LogP contribution is 2.71. The molecule has 3 heterocycles. The van der Waals surface area contributed by atoms with Gasteiger partial charge in [-0.05, 0) is 39.5 Å². The number of carbonyl (C=O) groups excluding carboxylic acids is 3. The molecule has 2 bridgehead atoms. The Kier molecular flexibility index (Phi) is 9.36. The molecule has 0 aromatic carbocycles. The summed E-state index contributed by atoms with van der Waals surface area (Å²) in [5.74, 6) is -1.31. The first-order valence-corrected chi connectivity index (χ1v) is 14.4. The van der Waals surface area contributed by atoms with Gasteiger partial charge in [-0.2, -0.15) is 0 Å². The number of hydrogen-bond donors (Lipinski definition) is 1. The van der Waals surface area contributed by atoms with Crippen molar-refractivity contribution in [3.63, 3.8) is 0 Å². The summed E-state index contributed by atoms with van der Waals surface area (Å²) in [4.78, 5) is 47.6. The van der Waals surface area contributed by atoms with Crippen LogP contribution < -0.4 is 0 Å². The number of rotatable bonds is 14. The first-order chi connectivity index (χ1) is 17.2. The van der Waals surface area contributed by atoms with Crippen LogP contribution in [0.3, 0.4) is 0 Å². The lowest BCUT2D eigenvalue weighted by Gasteiger charge is -2.39. The van der Waals surface area contributed by atoms with Crippen molar-refractivity contribution >= 4 is 29.5 Å². The molecule has 3 aliphatic heterocycles. The topological polar surface area (TPSA) is 81.2 Å². The van der Waals surface area contributed by atoms with E-state index in [4.69, 9.17) is 0 Å². The minimum absolute atomic E-state index is 0.0118. The standard InChI is InChI=1S/C28H45N3O4S/c1-7-11-12-18-30(17-10-4)26(35)23-28-14-13-27(6,36-28)21(24(33)29(15-8-2)16-9-3)22(28)25(34)31(23)20(5)19-32/h8,10,20-23,32H,2,4,7,9,11-19H2,1,3,5-6H3/t20-,21-,22+,23?,27+,28?/m1/s1. The molecule has 0 saturated carbocycles. The monoisotopic (exact) mass is 519 g/mol. The van der Waals surface area contributed by atoms with Gasteiger partial charge in [0.15, 0.2) is 0 Å². The lowest BCUT2D eigenvalue weighted by atomic mass is 9.66. The number of hydrogen-bond acceptors (Lipinski definition) is 5. The zero-order valence-electron chi connectivity index (χ0n) is 22.6. The number of aliphatic hydroxyl groups excluding tert-OH is 1. The molecule has 8 heteroatoms. The van der Waals surface area contributed by atoms with Crippen LogP contribution in [0.2, 0.25) is 0 Å². The van der Waals surface area contributed by atoms with E-state index < -0.39 is 33.4 Å². The third kappa shape index (κ3) is 4.75. The fourth-order valence-corrected chi connectivity index (χ4v) is 9.00. The minimum Gasteiger partial charge on any atom is -0.394 e. The van der Waals surface area contributed by atoms with E-state index in [-0.39, 0.29) is 24.3 Å². The molecule has 6 atom stereocenters. The second-order valence-corrected chi connectivity index (χ2v) is 12.8. The number of carbonyl (C=O) groups is 3. The molecule has 0 radical (unpaired) electrons. The Balaban J connectivity index is 2.06. The highest BCUT2D eigenvalue weighted by molar-refractivity contribution is 8.02. The average molecular weight is 520 g/mol. The number of likely N-dealkylation sites (tertiary alicyclic amines) is 1. The number of nitrogens with zero attached hydrogens (tertiary/aromatic N) is 3. The zero-order chi connectivity index (χ0) is 26.7. The van der Waals surface area contributed by atoms with E-state index in [1.807, 2.05) is 16.7 Å². The van der Waals surface area contributed by atoms with Gasteiger partial charge in [0.1, 0.15) is 6.04 Å². The SMILES string of the molecule is C=CCN(CCCCC)C(=O)C1N([C@H](C)CO)C(=O)[C@@H]2[C@H](C(=O)N(CC=C)CCC)[C@]3(C)CCC12S3. The molecule has 2 unspecified atom stereocenters. The van der Waals surface area contributed by atoms with E-state index >= 15 is 0 Å². The maximum atomic E-state index is 14.2. The number of unbranched alkanes of at least 4 members (excludes halogenated alkanes) is 2. The normalized spacial score (nSPS) is 31.3. The number of thioether (sulfide) groups is 1. The van der Waals surface area contributed by atoms with E-state index in [2.05, 4.69) is 27.0 Å². The Morgan fingerprint density at radius 3 is 2.31 bits per heavy atom. The molecule has 1 N–H and O–H groups in total. The Morgan fingerprint density at radius 1 is 1.11 bits per heavy atom. The van der Waals surface area contributed by atoms with Gasteiger partial charge in [0.25, 0.3) is 0 Å². The fourth-order valence-electron chi connectivity index (χ4n) is 6.67. The largest absolute Gasteiger partial charge is 0.394 e. The van der Waals surface area contributed by atoms with Crippen LogP contribution in [0.15, 0.2) is 25.3 Å². The van der Waals surface area contributed by atoms with Crippen LogP contribution in [-0.4, -0.2) is 91.9 Å². The summed E-state index contributed by atoms with van der Waals surface area (Å²) in [7, 11) is 0. The summed E-state index contributed by atoms with van der Waals surface area (Å²) < 4.78 is -1.06. The molecule has 0 aromatic heterocycles. The predicted octanol–water partition coefficient (Wildman–Crippen LogP) is 3.48. The first kappa shape index (κ1) is 28.8. The van der Waals surface area contributed by atoms with Crippen LogP contribution in [0.25, 0.3) is 0 Å². The summed E-state index contributed by atoms with van der Waals surface area (Å²) in [6.45, 7) is 17.6. The highest BCUT2D eigenvalue weighted by Gasteiger charge is 2.77. The van der Waals surface area contributed by atoms with Gasteiger partial charge in [0.05, 0.1) is 29.2 Å². The van der Waals surface area contributed by atoms with Crippen molar-refractivity contribution in [2.45, 2.75) is 87.8 Å². The third-order valence-corrected chi connectivity index (χ3v) is 10.3. The average Bonchev–Trinajstić information content (AvgIpc) is 3.43. The quantitative estimate of drug-likeness (QED) is 0.281. The van der Waals surface area contributed by atoms with Crippen molar-refractivity contribution in [3.05, 3.63) is 25.3 Å². The molecular formula is C28H45N3O4S. The molecule has 7 nitrogen and oxygen atoms in total. The molecule has 3 amide bonds. The molecule has 1 spiro atoms.